The fraction of sp³-hybridized carbons (Fsp3) is 0.200. The van der Waals surface area contributed by atoms with Crippen molar-refractivity contribution in [3.63, 3.8) is 0 Å². The lowest BCUT2D eigenvalue weighted by Gasteiger charge is -2.22. The van der Waals surface area contributed by atoms with Crippen molar-refractivity contribution in [3.8, 4) is 0 Å². The number of benzene rings is 2. The molecule has 2 aliphatic rings. The smallest absolute Gasteiger partial charge is 0.328 e. The first kappa shape index (κ1) is 19.0. The predicted octanol–water partition coefficient (Wildman–Crippen LogP) is 3.84. The van der Waals surface area contributed by atoms with Crippen LogP contribution in [0.4, 0.5) is 5.69 Å². The second-order valence-corrected chi connectivity index (χ2v) is 7.20. The van der Waals surface area contributed by atoms with Crippen molar-refractivity contribution in [2.24, 2.45) is 0 Å². The van der Waals surface area contributed by atoms with Crippen LogP contribution in [0, 0.1) is 0 Å². The van der Waals surface area contributed by atoms with Crippen LogP contribution in [0.15, 0.2) is 42.5 Å². The van der Waals surface area contributed by atoms with Gasteiger partial charge in [-0.2, -0.15) is 0 Å². The summed E-state index contributed by atoms with van der Waals surface area (Å²) in [5.41, 5.74) is 2.34. The van der Waals surface area contributed by atoms with E-state index < -0.39 is 11.8 Å². The minimum Gasteiger partial charge on any atom is -0.478 e. The Kier molecular flexibility index (Phi) is 4.89. The van der Waals surface area contributed by atoms with Gasteiger partial charge in [0.1, 0.15) is 0 Å². The Morgan fingerprint density at radius 1 is 1.21 bits per heavy atom. The molecule has 2 aromatic rings. The molecule has 1 N–H and O–H groups in total. The van der Waals surface area contributed by atoms with E-state index in [1.165, 1.54) is 11.0 Å². The van der Waals surface area contributed by atoms with Crippen LogP contribution >= 0.6 is 23.2 Å². The van der Waals surface area contributed by atoms with Gasteiger partial charge in [-0.25, -0.2) is 4.79 Å². The van der Waals surface area contributed by atoms with Gasteiger partial charge in [0.2, 0.25) is 0 Å². The Hall–Kier alpha value is -2.38. The van der Waals surface area contributed by atoms with E-state index in [1.54, 1.807) is 36.4 Å². The zero-order valence-electron chi connectivity index (χ0n) is 14.5. The molecule has 8 heteroatoms. The summed E-state index contributed by atoms with van der Waals surface area (Å²) in [6.45, 7) is 0.736. The quantitative estimate of drug-likeness (QED) is 0.761. The molecule has 4 rings (SSSR count). The number of halogens is 2. The van der Waals surface area contributed by atoms with Crippen LogP contribution in [-0.2, 0) is 31.4 Å². The van der Waals surface area contributed by atoms with Crippen molar-refractivity contribution in [2.75, 3.05) is 18.1 Å². The number of ether oxygens (including phenoxy) is 2. The van der Waals surface area contributed by atoms with Gasteiger partial charge in [0.25, 0.3) is 11.7 Å². The number of fused-ring (bicyclic) bond motifs is 2. The minimum atomic E-state index is -1.51. The molecule has 1 fully saturated rings. The average Bonchev–Trinajstić information content (AvgIpc) is 3.23. The van der Waals surface area contributed by atoms with Crippen LogP contribution in [0.3, 0.4) is 0 Å². The number of amides is 1. The van der Waals surface area contributed by atoms with E-state index in [-0.39, 0.29) is 25.7 Å². The lowest BCUT2D eigenvalue weighted by molar-refractivity contribution is -0.180. The summed E-state index contributed by atoms with van der Waals surface area (Å²) in [5, 5.41) is 9.91. The number of carboxylic acids is 1. The van der Waals surface area contributed by atoms with Crippen LogP contribution in [0.2, 0.25) is 10.0 Å². The highest BCUT2D eigenvalue weighted by Crippen LogP contribution is 2.48. The van der Waals surface area contributed by atoms with Gasteiger partial charge < -0.3 is 19.5 Å². The zero-order chi connectivity index (χ0) is 19.9. The van der Waals surface area contributed by atoms with Gasteiger partial charge in [-0.15, -0.1) is 0 Å². The van der Waals surface area contributed by atoms with Gasteiger partial charge in [-0.05, 0) is 29.3 Å². The van der Waals surface area contributed by atoms with Crippen molar-refractivity contribution >= 4 is 46.8 Å². The first-order valence-electron chi connectivity index (χ1n) is 8.51. The molecule has 0 atom stereocenters. The minimum absolute atomic E-state index is 0.161. The molecule has 2 heterocycles. The van der Waals surface area contributed by atoms with E-state index in [2.05, 4.69) is 0 Å². The largest absolute Gasteiger partial charge is 0.478 e. The first-order valence-corrected chi connectivity index (χ1v) is 9.26. The van der Waals surface area contributed by atoms with Gasteiger partial charge in [0, 0.05) is 21.7 Å². The number of rotatable bonds is 4. The van der Waals surface area contributed by atoms with Crippen LogP contribution in [-0.4, -0.2) is 30.2 Å². The van der Waals surface area contributed by atoms with Crippen LogP contribution in [0.5, 0.6) is 0 Å². The van der Waals surface area contributed by atoms with Gasteiger partial charge in [-0.3, -0.25) is 4.79 Å². The van der Waals surface area contributed by atoms with Crippen molar-refractivity contribution in [1.29, 1.82) is 0 Å². The van der Waals surface area contributed by atoms with Crippen molar-refractivity contribution in [2.45, 2.75) is 12.3 Å². The normalized spacial score (nSPS) is 17.6. The second-order valence-electron chi connectivity index (χ2n) is 6.36. The van der Waals surface area contributed by atoms with E-state index in [1.807, 2.05) is 0 Å². The molecule has 6 nitrogen and oxygen atoms in total. The van der Waals surface area contributed by atoms with Gasteiger partial charge in [-0.1, -0.05) is 47.5 Å². The molecule has 0 saturated carbocycles. The first-order chi connectivity index (χ1) is 13.4. The van der Waals surface area contributed by atoms with Crippen molar-refractivity contribution in [3.05, 3.63) is 69.2 Å². The number of hydrogen-bond acceptors (Lipinski definition) is 4. The van der Waals surface area contributed by atoms with E-state index in [0.29, 0.717) is 32.4 Å². The maximum absolute atomic E-state index is 13.3. The maximum Gasteiger partial charge on any atom is 0.328 e. The van der Waals surface area contributed by atoms with Gasteiger partial charge in [0.15, 0.2) is 0 Å². The topological polar surface area (TPSA) is 76.1 Å². The average molecular weight is 420 g/mol. The predicted molar refractivity (Wildman–Crippen MR) is 104 cm³/mol. The van der Waals surface area contributed by atoms with E-state index in [4.69, 9.17) is 37.8 Å². The third kappa shape index (κ3) is 3.08. The number of anilines is 1. The number of nitrogens with zero attached hydrogens (tertiary/aromatic N) is 1. The fourth-order valence-electron chi connectivity index (χ4n) is 3.48. The van der Waals surface area contributed by atoms with Crippen molar-refractivity contribution < 1.29 is 24.2 Å². The lowest BCUT2D eigenvalue weighted by Crippen LogP contribution is -2.41. The molecule has 0 radical (unpaired) electrons. The van der Waals surface area contributed by atoms with Crippen LogP contribution in [0.25, 0.3) is 6.08 Å². The Labute approximate surface area is 170 Å². The van der Waals surface area contributed by atoms with Gasteiger partial charge >= 0.3 is 5.97 Å². The third-order valence-electron chi connectivity index (χ3n) is 4.66. The number of para-hydroxylation sites is 1. The Morgan fingerprint density at radius 3 is 2.64 bits per heavy atom. The second kappa shape index (κ2) is 7.22. The molecular weight excluding hydrogens is 405 g/mol. The molecule has 2 aromatic carbocycles. The summed E-state index contributed by atoms with van der Waals surface area (Å²) in [5.74, 6) is -2.97. The highest BCUT2D eigenvalue weighted by molar-refractivity contribution is 6.35. The molecule has 2 aliphatic heterocycles. The number of carbonyl (C=O) groups is 2. The molecule has 0 unspecified atom stereocenters. The fourth-order valence-corrected chi connectivity index (χ4v) is 3.95. The molecule has 144 valence electrons. The molecule has 0 aliphatic carbocycles. The number of carbonyl (C=O) groups excluding carboxylic acids is 1. The monoisotopic (exact) mass is 419 g/mol. The number of aliphatic carboxylic acids is 1. The number of carboxylic acid groups (broad SMARTS) is 1. The summed E-state index contributed by atoms with van der Waals surface area (Å²) in [7, 11) is 0. The SMILES string of the molecule is O=C(O)C=Cc1cccc2c1N(Cc1ccc(Cl)cc1Cl)C(=O)C21OCCO1. The van der Waals surface area contributed by atoms with Crippen LogP contribution < -0.4 is 4.90 Å². The van der Waals surface area contributed by atoms with Crippen LogP contribution in [0.1, 0.15) is 16.7 Å². The molecule has 0 aromatic heterocycles. The molecule has 0 bridgehead atoms. The molecule has 1 amide bonds. The maximum atomic E-state index is 13.3. The molecule has 1 spiro atoms. The molecule has 28 heavy (non-hydrogen) atoms. The summed E-state index contributed by atoms with van der Waals surface area (Å²) in [6.07, 6.45) is 2.47. The highest BCUT2D eigenvalue weighted by atomic mass is 35.5. The third-order valence-corrected chi connectivity index (χ3v) is 5.25. The zero-order valence-corrected chi connectivity index (χ0v) is 16.0. The summed E-state index contributed by atoms with van der Waals surface area (Å²) in [4.78, 5) is 25.8. The van der Waals surface area contributed by atoms with E-state index >= 15 is 0 Å². The lowest BCUT2D eigenvalue weighted by atomic mass is 10.0. The Morgan fingerprint density at radius 2 is 1.96 bits per heavy atom. The summed E-state index contributed by atoms with van der Waals surface area (Å²) in [6, 6.07) is 10.3. The molecule has 1 saturated heterocycles. The Balaban J connectivity index is 1.84. The van der Waals surface area contributed by atoms with E-state index in [0.717, 1.165) is 6.08 Å². The standard InChI is InChI=1S/C20H15Cl2NO5/c21-14-6-4-13(16(22)10-14)11-23-18-12(5-7-17(24)25)2-1-3-15(18)20(19(23)26)27-8-9-28-20/h1-7,10H,8-9,11H2,(H,24,25). The Bertz CT molecular complexity index is 998. The molecular formula is C20H15Cl2NO5. The summed E-state index contributed by atoms with van der Waals surface area (Å²) < 4.78 is 11.5. The summed E-state index contributed by atoms with van der Waals surface area (Å²) >= 11 is 12.3. The van der Waals surface area contributed by atoms with Gasteiger partial charge in [0.05, 0.1) is 25.4 Å². The van der Waals surface area contributed by atoms with E-state index in [9.17, 15) is 9.59 Å². The van der Waals surface area contributed by atoms with Crippen molar-refractivity contribution in [1.82, 2.24) is 0 Å². The number of hydrogen-bond donors (Lipinski definition) is 1. The highest BCUT2D eigenvalue weighted by Gasteiger charge is 2.56.